The van der Waals surface area contributed by atoms with E-state index in [-0.39, 0.29) is 208 Å². The highest BCUT2D eigenvalue weighted by Crippen LogP contribution is 2.31. The second-order valence-electron chi connectivity index (χ2n) is 22.3. The van der Waals surface area contributed by atoms with Gasteiger partial charge in [0.2, 0.25) is 17.7 Å². The molecular weight excluding hydrogens is 1280 g/mol. The molecule has 0 aromatic carbocycles. The van der Waals surface area contributed by atoms with E-state index in [1.165, 1.54) is 0 Å². The summed E-state index contributed by atoms with van der Waals surface area (Å²) in [6, 6.07) is 0. The minimum Gasteiger partial charge on any atom is -0.394 e. The van der Waals surface area contributed by atoms with Gasteiger partial charge in [-0.2, -0.15) is 0 Å². The van der Waals surface area contributed by atoms with E-state index in [4.69, 9.17) is 77.5 Å². The van der Waals surface area contributed by atoms with Crippen LogP contribution in [0.1, 0.15) is 51.4 Å². The number of aliphatic hydroxyl groups is 12. The van der Waals surface area contributed by atoms with Crippen LogP contribution in [0.5, 0.6) is 0 Å². The van der Waals surface area contributed by atoms with Gasteiger partial charge in [-0.3, -0.25) is 24.0 Å². The van der Waals surface area contributed by atoms with Gasteiger partial charge >= 0.3 is 0 Å². The lowest BCUT2D eigenvalue weighted by Gasteiger charge is -2.39. The molecule has 0 saturated carbocycles. The molecule has 3 aliphatic rings. The first-order chi connectivity index (χ1) is 45.8. The van der Waals surface area contributed by atoms with Crippen molar-refractivity contribution in [3.63, 3.8) is 0 Å². The fraction of sp³-hybridized carbons (Fsp3) is 0.881. The van der Waals surface area contributed by atoms with Gasteiger partial charge in [-0.1, -0.05) is 6.42 Å². The summed E-state index contributed by atoms with van der Waals surface area (Å²) in [7, 11) is 0. The molecule has 3 heterocycles. The van der Waals surface area contributed by atoms with Crippen LogP contribution in [-0.4, -0.2) is 368 Å². The Labute approximate surface area is 551 Å². The zero-order chi connectivity index (χ0) is 69.6. The number of unbranched alkanes of at least 4 members (excludes halogenated alkanes) is 2. The Morgan fingerprint density at radius 2 is 0.747 bits per heavy atom. The highest BCUT2D eigenvalue weighted by atomic mass is 16.7. The Morgan fingerprint density at radius 3 is 1.13 bits per heavy atom. The summed E-state index contributed by atoms with van der Waals surface area (Å²) >= 11 is 0. The molecule has 4 amide bonds. The van der Waals surface area contributed by atoms with Gasteiger partial charge in [0, 0.05) is 63.9 Å². The number of ether oxygens (including phenoxy) is 15. The Morgan fingerprint density at radius 1 is 0.379 bits per heavy atom. The van der Waals surface area contributed by atoms with Crippen molar-refractivity contribution in [1.82, 2.24) is 21.3 Å². The fourth-order valence-electron chi connectivity index (χ4n) is 9.39. The first-order valence-electron chi connectivity index (χ1n) is 31.8. The second-order valence-corrected chi connectivity index (χ2v) is 22.3. The largest absolute Gasteiger partial charge is 0.394 e. The number of rotatable bonds is 56. The van der Waals surface area contributed by atoms with E-state index in [0.29, 0.717) is 25.8 Å². The number of Topliss-reactive ketones (excluding diaryl/α,β-unsaturated/α-hetero) is 1. The summed E-state index contributed by atoms with van der Waals surface area (Å²) in [6.45, 7) is -0.360. The number of ketones is 1. The minimum absolute atomic E-state index is 0.0419. The molecule has 95 heavy (non-hydrogen) atoms. The van der Waals surface area contributed by atoms with Crippen LogP contribution >= 0.6 is 0 Å². The average molecular weight is 1380 g/mol. The molecular formula is C59H104N4O32. The number of amides is 4. The SMILES string of the molecule is C#CC(=O)NCCCCCC(=O)CC(CCOCC(=O)NCCOCCOCCO[C@H]1OC(CO)[C@@H](O)[C@H](O)C1O)(COCCC(=O)NCCOCCOCCO[C@H]1OC(CO)[C@@H](O)[C@H](O)C1O)COCCC(=O)NCCOCCOCCO[C@H]1OC(CO)[C@@H](O)[C@H](O)C1O. The van der Waals surface area contributed by atoms with Crippen LogP contribution in [-0.2, 0) is 95.0 Å². The number of carbonyl (C=O) groups is 5. The Kier molecular flexibility index (Phi) is 46.0. The summed E-state index contributed by atoms with van der Waals surface area (Å²) in [6.07, 6.45) is -14.2. The molecule has 6 unspecified atom stereocenters. The molecule has 0 aromatic rings. The van der Waals surface area contributed by atoms with Gasteiger partial charge in [0.05, 0.1) is 145 Å². The third-order valence-electron chi connectivity index (χ3n) is 14.8. The van der Waals surface area contributed by atoms with Crippen LogP contribution in [0, 0.1) is 17.8 Å². The van der Waals surface area contributed by atoms with Crippen molar-refractivity contribution in [2.45, 2.75) is 143 Å². The Bertz CT molecular complexity index is 1920. The number of nitrogens with one attached hydrogen (secondary N) is 4. The van der Waals surface area contributed by atoms with Crippen LogP contribution in [0.15, 0.2) is 0 Å². The lowest BCUT2D eigenvalue weighted by atomic mass is 9.80. The normalized spacial score (nSPS) is 26.7. The maximum atomic E-state index is 13.8. The van der Waals surface area contributed by atoms with Crippen molar-refractivity contribution in [2.24, 2.45) is 5.41 Å². The van der Waals surface area contributed by atoms with Crippen LogP contribution in [0.2, 0.25) is 0 Å². The summed E-state index contributed by atoms with van der Waals surface area (Å²) in [4.78, 5) is 63.7. The molecule has 3 aliphatic heterocycles. The molecule has 552 valence electrons. The van der Waals surface area contributed by atoms with E-state index in [9.17, 15) is 85.3 Å². The lowest BCUT2D eigenvalue weighted by molar-refractivity contribution is -0.302. The standard InChI is InChI=1S/C59H104N4O32/c1-2-43(68)60-10-5-3-4-6-39(67)32-59(9-16-87-36-46(71)63-13-19-83-22-25-86-28-31-92-58-55(80)52(77)49(74)42(35-66)95-58,37-88-14-7-44(69)61-11-17-81-20-23-84-26-29-90-56-53(78)50(75)47(72)40(33-64)93-56)38-89-15-8-45(70)62-12-18-82-21-24-85-27-30-91-57-54(79)51(76)48(73)41(34-65)94-57/h1,40-42,47-58,64-66,72-80H,3-38H2,(H,60,68)(H,61,69)(H,62,70)(H,63,71)/t40?,41?,42?,47-,48-,49-,50+,51+,52+,53?,54?,55?,56+,57+,58+,59?/m1/s1. The second kappa shape index (κ2) is 51.2. The van der Waals surface area contributed by atoms with E-state index in [1.54, 1.807) is 0 Å². The molecule has 0 aromatic heterocycles. The van der Waals surface area contributed by atoms with Crippen molar-refractivity contribution in [3.8, 4) is 12.3 Å². The van der Waals surface area contributed by atoms with Crippen molar-refractivity contribution < 1.29 is 156 Å². The third kappa shape index (κ3) is 35.1. The molecule has 3 fully saturated rings. The van der Waals surface area contributed by atoms with Crippen LogP contribution < -0.4 is 21.3 Å². The summed E-state index contributed by atoms with van der Waals surface area (Å²) in [5.41, 5.74) is -1.08. The monoisotopic (exact) mass is 1380 g/mol. The summed E-state index contributed by atoms with van der Waals surface area (Å²) < 4.78 is 82.8. The topological polar surface area (TPSA) is 515 Å². The highest BCUT2D eigenvalue weighted by molar-refractivity contribution is 5.92. The van der Waals surface area contributed by atoms with Gasteiger partial charge < -0.3 is 154 Å². The fourth-order valence-corrected chi connectivity index (χ4v) is 9.39. The van der Waals surface area contributed by atoms with Crippen molar-refractivity contribution in [2.75, 3.05) is 185 Å². The van der Waals surface area contributed by atoms with Crippen LogP contribution in [0.3, 0.4) is 0 Å². The number of terminal acetylenes is 1. The number of hydrogen-bond acceptors (Lipinski definition) is 32. The Balaban J connectivity index is 1.47. The van der Waals surface area contributed by atoms with Gasteiger partial charge in [-0.25, -0.2) is 0 Å². The number of carbonyl (C=O) groups excluding carboxylic acids is 5. The third-order valence-corrected chi connectivity index (χ3v) is 14.8. The summed E-state index contributed by atoms with van der Waals surface area (Å²) in [5, 5.41) is 129. The van der Waals surface area contributed by atoms with E-state index in [0.717, 1.165) is 0 Å². The predicted octanol–water partition coefficient (Wildman–Crippen LogP) is -8.64. The predicted molar refractivity (Wildman–Crippen MR) is 322 cm³/mol. The average Bonchev–Trinajstić information content (AvgIpc) is 0.859. The number of aliphatic hydroxyl groups excluding tert-OH is 12. The number of hydrogen-bond donors (Lipinski definition) is 16. The molecule has 0 bridgehead atoms. The minimum atomic E-state index is -1.57. The first-order valence-corrected chi connectivity index (χ1v) is 31.8. The van der Waals surface area contributed by atoms with Crippen molar-refractivity contribution in [1.29, 1.82) is 0 Å². The molecule has 15 atom stereocenters. The maximum Gasteiger partial charge on any atom is 0.295 e. The van der Waals surface area contributed by atoms with E-state index < -0.39 is 129 Å². The van der Waals surface area contributed by atoms with Gasteiger partial charge in [0.25, 0.3) is 5.91 Å². The molecule has 0 aliphatic carbocycles. The van der Waals surface area contributed by atoms with Crippen LogP contribution in [0.25, 0.3) is 0 Å². The van der Waals surface area contributed by atoms with E-state index in [2.05, 4.69) is 21.3 Å². The molecule has 36 heteroatoms. The summed E-state index contributed by atoms with van der Waals surface area (Å²) in [5.74, 6) is 0.0984. The van der Waals surface area contributed by atoms with Gasteiger partial charge in [0.15, 0.2) is 18.9 Å². The highest BCUT2D eigenvalue weighted by Gasteiger charge is 2.46. The molecule has 16 N–H and O–H groups in total. The van der Waals surface area contributed by atoms with Gasteiger partial charge in [0.1, 0.15) is 85.6 Å². The lowest BCUT2D eigenvalue weighted by Crippen LogP contribution is -2.59. The molecule has 36 nitrogen and oxygen atoms in total. The molecule has 3 rings (SSSR count). The maximum absolute atomic E-state index is 13.8. The van der Waals surface area contributed by atoms with E-state index >= 15 is 0 Å². The van der Waals surface area contributed by atoms with Crippen molar-refractivity contribution >= 4 is 29.4 Å². The Hall–Kier alpha value is -3.97. The van der Waals surface area contributed by atoms with Crippen molar-refractivity contribution in [3.05, 3.63) is 0 Å². The molecule has 3 saturated heterocycles. The van der Waals surface area contributed by atoms with E-state index in [1.807, 2.05) is 5.92 Å². The molecule has 0 spiro atoms. The van der Waals surface area contributed by atoms with Crippen LogP contribution in [0.4, 0.5) is 0 Å². The zero-order valence-corrected chi connectivity index (χ0v) is 53.7. The first kappa shape index (κ1) is 85.3. The molecule has 0 radical (unpaired) electrons. The smallest absolute Gasteiger partial charge is 0.295 e. The van der Waals surface area contributed by atoms with Gasteiger partial charge in [-0.05, 0) is 25.2 Å². The van der Waals surface area contributed by atoms with Gasteiger partial charge in [-0.15, -0.1) is 6.42 Å². The quantitative estimate of drug-likeness (QED) is 0.0199. The zero-order valence-electron chi connectivity index (χ0n) is 53.7.